The number of hydrogen-bond donors (Lipinski definition) is 1. The molecule has 0 radical (unpaired) electrons. The molecule has 1 heterocycles. The van der Waals surface area contributed by atoms with Crippen molar-refractivity contribution >= 4 is 0 Å². The third-order valence-corrected chi connectivity index (χ3v) is 3.54. The van der Waals surface area contributed by atoms with Crippen molar-refractivity contribution < 1.29 is 0 Å². The van der Waals surface area contributed by atoms with Gasteiger partial charge in [-0.2, -0.15) is 0 Å². The summed E-state index contributed by atoms with van der Waals surface area (Å²) in [5.74, 6) is 0.950. The first-order valence-electron chi connectivity index (χ1n) is 6.11. The van der Waals surface area contributed by atoms with Crippen LogP contribution in [0.1, 0.15) is 30.4 Å². The summed E-state index contributed by atoms with van der Waals surface area (Å²) in [5.41, 5.74) is 2.99. The zero-order valence-electron chi connectivity index (χ0n) is 9.63. The molecule has 1 nitrogen and oxygen atoms in total. The maximum Gasteiger partial charge on any atom is -0.00463 e. The van der Waals surface area contributed by atoms with E-state index in [1.165, 1.54) is 49.9 Å². The minimum Gasteiger partial charge on any atom is -0.317 e. The molecule has 0 spiro atoms. The first kappa shape index (κ1) is 10.7. The van der Waals surface area contributed by atoms with Crippen molar-refractivity contribution in [3.8, 4) is 0 Å². The molecule has 0 aliphatic carbocycles. The van der Waals surface area contributed by atoms with Crippen molar-refractivity contribution in [2.45, 2.75) is 32.6 Å². The van der Waals surface area contributed by atoms with Crippen LogP contribution >= 0.6 is 0 Å². The van der Waals surface area contributed by atoms with Gasteiger partial charge < -0.3 is 5.32 Å². The summed E-state index contributed by atoms with van der Waals surface area (Å²) in [7, 11) is 0. The lowest BCUT2D eigenvalue weighted by Crippen LogP contribution is -2.27. The molecule has 2 rings (SSSR count). The molecule has 15 heavy (non-hydrogen) atoms. The Morgan fingerprint density at radius 1 is 1.20 bits per heavy atom. The van der Waals surface area contributed by atoms with Crippen LogP contribution in [0.2, 0.25) is 0 Å². The third-order valence-electron chi connectivity index (χ3n) is 3.54. The second kappa shape index (κ2) is 5.32. The Bertz CT molecular complexity index is 300. The lowest BCUT2D eigenvalue weighted by molar-refractivity contribution is 0.354. The molecule has 0 bridgehead atoms. The number of nitrogens with one attached hydrogen (secondary N) is 1. The van der Waals surface area contributed by atoms with E-state index >= 15 is 0 Å². The average molecular weight is 203 g/mol. The molecule has 1 heteroatoms. The Balaban J connectivity index is 1.84. The minimum absolute atomic E-state index is 0.950. The summed E-state index contributed by atoms with van der Waals surface area (Å²) in [6.45, 7) is 4.66. The standard InChI is InChI=1S/C14H21N/c1-12-4-2-3-5-14(12)7-6-13-8-10-15-11-9-13/h2-5,13,15H,6-11H2,1H3. The van der Waals surface area contributed by atoms with E-state index < -0.39 is 0 Å². The van der Waals surface area contributed by atoms with Crippen molar-refractivity contribution in [3.05, 3.63) is 35.4 Å². The van der Waals surface area contributed by atoms with Gasteiger partial charge in [-0.05, 0) is 62.7 Å². The smallest absolute Gasteiger partial charge is 0.00463 e. The van der Waals surface area contributed by atoms with Crippen LogP contribution in [-0.2, 0) is 6.42 Å². The normalized spacial score (nSPS) is 17.9. The molecule has 1 saturated heterocycles. The molecule has 0 aromatic heterocycles. The monoisotopic (exact) mass is 203 g/mol. The van der Waals surface area contributed by atoms with Gasteiger partial charge in [-0.1, -0.05) is 24.3 Å². The fourth-order valence-corrected chi connectivity index (χ4v) is 2.42. The van der Waals surface area contributed by atoms with E-state index in [0.717, 1.165) is 5.92 Å². The zero-order valence-corrected chi connectivity index (χ0v) is 9.63. The molecule has 1 N–H and O–H groups in total. The van der Waals surface area contributed by atoms with E-state index in [9.17, 15) is 0 Å². The highest BCUT2D eigenvalue weighted by atomic mass is 14.9. The number of benzene rings is 1. The molecule has 1 aliphatic heterocycles. The predicted molar refractivity (Wildman–Crippen MR) is 65.1 cm³/mol. The summed E-state index contributed by atoms with van der Waals surface area (Å²) < 4.78 is 0. The quantitative estimate of drug-likeness (QED) is 0.796. The molecule has 1 fully saturated rings. The Morgan fingerprint density at radius 2 is 1.93 bits per heavy atom. The van der Waals surface area contributed by atoms with Gasteiger partial charge in [-0.25, -0.2) is 0 Å². The highest BCUT2D eigenvalue weighted by Crippen LogP contribution is 2.19. The van der Waals surface area contributed by atoms with Gasteiger partial charge in [0.05, 0.1) is 0 Å². The van der Waals surface area contributed by atoms with Crippen LogP contribution in [0, 0.1) is 12.8 Å². The van der Waals surface area contributed by atoms with Crippen LogP contribution in [0.25, 0.3) is 0 Å². The first-order chi connectivity index (χ1) is 7.36. The van der Waals surface area contributed by atoms with E-state index in [4.69, 9.17) is 0 Å². The molecule has 1 aromatic carbocycles. The van der Waals surface area contributed by atoms with Gasteiger partial charge in [0.25, 0.3) is 0 Å². The van der Waals surface area contributed by atoms with Crippen molar-refractivity contribution in [3.63, 3.8) is 0 Å². The topological polar surface area (TPSA) is 12.0 Å². The van der Waals surface area contributed by atoms with Crippen LogP contribution in [0.3, 0.4) is 0 Å². The Kier molecular flexibility index (Phi) is 3.79. The Morgan fingerprint density at radius 3 is 2.67 bits per heavy atom. The lowest BCUT2D eigenvalue weighted by Gasteiger charge is -2.22. The van der Waals surface area contributed by atoms with Gasteiger partial charge >= 0.3 is 0 Å². The summed E-state index contributed by atoms with van der Waals surface area (Å²) >= 11 is 0. The van der Waals surface area contributed by atoms with Gasteiger partial charge in [0.1, 0.15) is 0 Å². The largest absolute Gasteiger partial charge is 0.317 e. The second-order valence-electron chi connectivity index (χ2n) is 4.66. The van der Waals surface area contributed by atoms with E-state index in [1.54, 1.807) is 0 Å². The number of hydrogen-bond acceptors (Lipinski definition) is 1. The minimum atomic E-state index is 0.950. The molecule has 0 unspecified atom stereocenters. The molecule has 1 aliphatic rings. The number of piperidine rings is 1. The Hall–Kier alpha value is -0.820. The van der Waals surface area contributed by atoms with Crippen molar-refractivity contribution in [2.24, 2.45) is 5.92 Å². The maximum absolute atomic E-state index is 3.42. The van der Waals surface area contributed by atoms with Crippen molar-refractivity contribution in [1.29, 1.82) is 0 Å². The molecule has 1 aromatic rings. The van der Waals surface area contributed by atoms with E-state index in [-0.39, 0.29) is 0 Å². The summed E-state index contributed by atoms with van der Waals surface area (Å²) in [5, 5.41) is 3.42. The van der Waals surface area contributed by atoms with Gasteiger partial charge in [0.15, 0.2) is 0 Å². The van der Waals surface area contributed by atoms with Gasteiger partial charge in [0, 0.05) is 0 Å². The van der Waals surface area contributed by atoms with E-state index in [1.807, 2.05) is 0 Å². The summed E-state index contributed by atoms with van der Waals surface area (Å²) in [6.07, 6.45) is 5.36. The Labute approximate surface area is 92.9 Å². The van der Waals surface area contributed by atoms with Gasteiger partial charge in [-0.15, -0.1) is 0 Å². The van der Waals surface area contributed by atoms with Crippen LogP contribution in [0.15, 0.2) is 24.3 Å². The van der Waals surface area contributed by atoms with Gasteiger partial charge in [0.2, 0.25) is 0 Å². The van der Waals surface area contributed by atoms with Crippen LogP contribution in [0.5, 0.6) is 0 Å². The van der Waals surface area contributed by atoms with Crippen LogP contribution in [0.4, 0.5) is 0 Å². The molecular formula is C14H21N. The molecule has 0 atom stereocenters. The average Bonchev–Trinajstić information content (AvgIpc) is 2.29. The second-order valence-corrected chi connectivity index (χ2v) is 4.66. The molecule has 82 valence electrons. The molecule has 0 amide bonds. The number of rotatable bonds is 3. The predicted octanol–water partition coefficient (Wildman–Crippen LogP) is 2.93. The fraction of sp³-hybridized carbons (Fsp3) is 0.571. The molecule has 0 saturated carbocycles. The SMILES string of the molecule is Cc1ccccc1CCC1CCNCC1. The van der Waals surface area contributed by atoms with Crippen molar-refractivity contribution in [1.82, 2.24) is 5.32 Å². The first-order valence-corrected chi connectivity index (χ1v) is 6.11. The highest BCUT2D eigenvalue weighted by molar-refractivity contribution is 5.25. The van der Waals surface area contributed by atoms with E-state index in [0.29, 0.717) is 0 Å². The maximum atomic E-state index is 3.42. The van der Waals surface area contributed by atoms with Gasteiger partial charge in [-0.3, -0.25) is 0 Å². The van der Waals surface area contributed by atoms with Crippen LogP contribution < -0.4 is 5.32 Å². The van der Waals surface area contributed by atoms with Crippen molar-refractivity contribution in [2.75, 3.05) is 13.1 Å². The van der Waals surface area contributed by atoms with E-state index in [2.05, 4.69) is 36.5 Å². The lowest BCUT2D eigenvalue weighted by atomic mass is 9.90. The fourth-order valence-electron chi connectivity index (χ4n) is 2.42. The van der Waals surface area contributed by atoms with Crippen LogP contribution in [-0.4, -0.2) is 13.1 Å². The molecular weight excluding hydrogens is 182 g/mol. The number of aryl methyl sites for hydroxylation is 2. The summed E-state index contributed by atoms with van der Waals surface area (Å²) in [6, 6.07) is 8.78. The third kappa shape index (κ3) is 3.07. The summed E-state index contributed by atoms with van der Waals surface area (Å²) in [4.78, 5) is 0. The zero-order chi connectivity index (χ0) is 10.5. The highest BCUT2D eigenvalue weighted by Gasteiger charge is 2.12.